The Morgan fingerprint density at radius 1 is 0.667 bits per heavy atom. The molecule has 0 unspecified atom stereocenters. The van der Waals surface area contributed by atoms with Crippen LogP contribution in [0.15, 0.2) is 139 Å². The van der Waals surface area contributed by atoms with E-state index in [4.69, 9.17) is 0 Å². The third-order valence-electron chi connectivity index (χ3n) is 5.53. The van der Waals surface area contributed by atoms with Crippen LogP contribution in [0, 0.1) is 0 Å². The van der Waals surface area contributed by atoms with E-state index in [1.807, 2.05) is 12.2 Å². The van der Waals surface area contributed by atoms with Crippen LogP contribution in [0.5, 0.6) is 0 Å². The first-order chi connectivity index (χ1) is 14.8. The molecule has 4 aromatic rings. The van der Waals surface area contributed by atoms with Crippen molar-refractivity contribution in [2.45, 2.75) is 6.92 Å². The van der Waals surface area contributed by atoms with Gasteiger partial charge in [0.1, 0.15) is 23.2 Å². The summed E-state index contributed by atoms with van der Waals surface area (Å²) in [4.78, 5) is 0. The molecular weight excluding hydrogens is 379 g/mol. The van der Waals surface area contributed by atoms with Crippen LogP contribution >= 0.6 is 7.26 Å². The highest BCUT2D eigenvalue weighted by Crippen LogP contribution is 2.63. The van der Waals surface area contributed by atoms with E-state index in [1.54, 1.807) is 0 Å². The van der Waals surface area contributed by atoms with Gasteiger partial charge in [-0.2, -0.15) is 0 Å². The van der Waals surface area contributed by atoms with Crippen LogP contribution in [0.2, 0.25) is 0 Å². The van der Waals surface area contributed by atoms with Gasteiger partial charge in [-0.15, -0.1) is 0 Å². The molecule has 0 bridgehead atoms. The van der Waals surface area contributed by atoms with Crippen LogP contribution in [0.25, 0.3) is 10.8 Å². The number of allylic oxidation sites excluding steroid dienone is 5. The second kappa shape index (κ2) is 9.08. The fourth-order valence-electron chi connectivity index (χ4n) is 4.21. The van der Waals surface area contributed by atoms with Crippen molar-refractivity contribution in [2.75, 3.05) is 0 Å². The first-order valence-corrected chi connectivity index (χ1v) is 12.0. The second-order valence-corrected chi connectivity index (χ2v) is 10.8. The van der Waals surface area contributed by atoms with Gasteiger partial charge in [-0.1, -0.05) is 97.6 Å². The molecule has 0 atom stereocenters. The third-order valence-corrected chi connectivity index (χ3v) is 9.99. The molecule has 0 aromatic heterocycles. The molecular formula is C29H26P+. The fourth-order valence-corrected chi connectivity index (χ4v) is 8.69. The molecule has 0 saturated carbocycles. The van der Waals surface area contributed by atoms with E-state index >= 15 is 0 Å². The summed E-state index contributed by atoms with van der Waals surface area (Å²) < 4.78 is 0. The lowest BCUT2D eigenvalue weighted by atomic mass is 10.1. The fraction of sp³-hybridized carbons (Fsp3) is 0.0345. The summed E-state index contributed by atoms with van der Waals surface area (Å²) >= 11 is 0. The topological polar surface area (TPSA) is 0 Å². The minimum absolute atomic E-state index is 1.28. The van der Waals surface area contributed by atoms with Gasteiger partial charge in [-0.25, -0.2) is 0 Å². The lowest BCUT2D eigenvalue weighted by Gasteiger charge is -2.29. The average molecular weight is 406 g/mol. The van der Waals surface area contributed by atoms with Crippen molar-refractivity contribution >= 4 is 33.9 Å². The zero-order valence-electron chi connectivity index (χ0n) is 17.3. The third kappa shape index (κ3) is 3.56. The van der Waals surface area contributed by atoms with Gasteiger partial charge >= 0.3 is 0 Å². The summed E-state index contributed by atoms with van der Waals surface area (Å²) in [5.74, 6) is 0. The second-order valence-electron chi connectivity index (χ2n) is 7.27. The van der Waals surface area contributed by atoms with Crippen LogP contribution in [-0.2, 0) is 0 Å². The highest BCUT2D eigenvalue weighted by Gasteiger charge is 2.48. The maximum Gasteiger partial charge on any atom is 0.140 e. The van der Waals surface area contributed by atoms with Crippen LogP contribution < -0.4 is 15.9 Å². The Morgan fingerprint density at radius 3 is 1.87 bits per heavy atom. The Hall–Kier alpha value is -3.21. The van der Waals surface area contributed by atoms with Gasteiger partial charge in [0.2, 0.25) is 0 Å². The molecule has 4 aromatic carbocycles. The minimum atomic E-state index is -2.05. The molecule has 0 radical (unpaired) electrons. The highest BCUT2D eigenvalue weighted by molar-refractivity contribution is 7.99. The monoisotopic (exact) mass is 405 g/mol. The molecule has 0 aliphatic rings. The Bertz CT molecular complexity index is 1160. The predicted octanol–water partition coefficient (Wildman–Crippen LogP) is 6.78. The van der Waals surface area contributed by atoms with Gasteiger partial charge in [-0.3, -0.25) is 0 Å². The van der Waals surface area contributed by atoms with Crippen molar-refractivity contribution in [3.05, 3.63) is 139 Å². The first-order valence-electron chi connectivity index (χ1n) is 10.2. The number of fused-ring (bicyclic) bond motifs is 1. The van der Waals surface area contributed by atoms with Crippen molar-refractivity contribution in [1.82, 2.24) is 0 Å². The van der Waals surface area contributed by atoms with Gasteiger partial charge in [0.05, 0.1) is 5.31 Å². The van der Waals surface area contributed by atoms with Gasteiger partial charge in [0.15, 0.2) is 0 Å². The van der Waals surface area contributed by atoms with E-state index in [0.717, 1.165) is 0 Å². The molecule has 1 heteroatoms. The molecule has 0 aliphatic carbocycles. The van der Waals surface area contributed by atoms with E-state index in [1.165, 1.54) is 32.0 Å². The first kappa shape index (κ1) is 20.1. The van der Waals surface area contributed by atoms with Gasteiger partial charge in [0.25, 0.3) is 0 Å². The van der Waals surface area contributed by atoms with Crippen LogP contribution in [-0.4, -0.2) is 0 Å². The van der Waals surface area contributed by atoms with Gasteiger partial charge in [-0.05, 0) is 48.7 Å². The zero-order chi connectivity index (χ0) is 20.8. The Labute approximate surface area is 180 Å². The van der Waals surface area contributed by atoms with Crippen molar-refractivity contribution in [2.24, 2.45) is 0 Å². The summed E-state index contributed by atoms with van der Waals surface area (Å²) in [5, 5.41) is 8.11. The quantitative estimate of drug-likeness (QED) is 0.245. The summed E-state index contributed by atoms with van der Waals surface area (Å²) in [7, 11) is -2.05. The van der Waals surface area contributed by atoms with Crippen LogP contribution in [0.4, 0.5) is 0 Å². The summed E-state index contributed by atoms with van der Waals surface area (Å²) in [5.41, 5.74) is 0. The van der Waals surface area contributed by atoms with Crippen molar-refractivity contribution in [1.29, 1.82) is 0 Å². The molecule has 0 N–H and O–H groups in total. The van der Waals surface area contributed by atoms with Gasteiger partial charge in [0, 0.05) is 5.39 Å². The standard InChI is InChI=1S/C29H26P/c1-3-4-7-15-24(2)30(26-18-8-5-9-19-26,27-20-10-6-11-21-27)29-23-14-17-25-16-12-13-22-28(25)29/h3-23H,1H2,2H3/q+1/b7-4-,24-15+. The molecule has 0 amide bonds. The Kier molecular flexibility index (Phi) is 6.07. The highest BCUT2D eigenvalue weighted by atomic mass is 31.2. The van der Waals surface area contributed by atoms with E-state index in [-0.39, 0.29) is 0 Å². The molecule has 30 heavy (non-hydrogen) atoms. The lowest BCUT2D eigenvalue weighted by Crippen LogP contribution is -2.32. The average Bonchev–Trinajstić information content (AvgIpc) is 2.81. The molecule has 0 spiro atoms. The van der Waals surface area contributed by atoms with Crippen LogP contribution in [0.1, 0.15) is 6.92 Å². The van der Waals surface area contributed by atoms with Crippen molar-refractivity contribution < 1.29 is 0 Å². The van der Waals surface area contributed by atoms with E-state index in [0.29, 0.717) is 0 Å². The molecule has 146 valence electrons. The maximum absolute atomic E-state index is 3.83. The summed E-state index contributed by atoms with van der Waals surface area (Å²) in [6, 6.07) is 37.5. The Morgan fingerprint density at radius 2 is 1.23 bits per heavy atom. The van der Waals surface area contributed by atoms with Gasteiger partial charge < -0.3 is 0 Å². The van der Waals surface area contributed by atoms with E-state index in [2.05, 4.69) is 129 Å². The maximum atomic E-state index is 3.83. The molecule has 0 fully saturated rings. The summed E-state index contributed by atoms with van der Waals surface area (Å²) in [6.45, 7) is 6.11. The molecule has 0 heterocycles. The van der Waals surface area contributed by atoms with Crippen molar-refractivity contribution in [3.8, 4) is 0 Å². The molecule has 0 aliphatic heterocycles. The van der Waals surface area contributed by atoms with Crippen LogP contribution in [0.3, 0.4) is 0 Å². The minimum Gasteiger partial charge on any atom is -0.0991 e. The number of hydrogen-bond donors (Lipinski definition) is 0. The van der Waals surface area contributed by atoms with E-state index < -0.39 is 7.26 Å². The molecule has 4 rings (SSSR count). The summed E-state index contributed by atoms with van der Waals surface area (Å²) in [6.07, 6.45) is 8.19. The zero-order valence-corrected chi connectivity index (χ0v) is 18.2. The number of rotatable bonds is 6. The van der Waals surface area contributed by atoms with Crippen molar-refractivity contribution in [3.63, 3.8) is 0 Å². The molecule has 0 saturated heterocycles. The number of benzene rings is 4. The predicted molar refractivity (Wildman–Crippen MR) is 136 cm³/mol. The number of hydrogen-bond acceptors (Lipinski definition) is 0. The smallest absolute Gasteiger partial charge is 0.0991 e. The Balaban J connectivity index is 2.17. The lowest BCUT2D eigenvalue weighted by molar-refractivity contribution is 1.62. The largest absolute Gasteiger partial charge is 0.140 e. The molecule has 0 nitrogen and oxygen atoms in total. The van der Waals surface area contributed by atoms with E-state index in [9.17, 15) is 0 Å². The normalized spacial score (nSPS) is 12.4. The SMILES string of the molecule is C=C/C=C\C=C(/C)[P+](c1ccccc1)(c1ccccc1)c1cccc2ccccc12.